The van der Waals surface area contributed by atoms with Crippen LogP contribution in [0.25, 0.3) is 10.4 Å². The molecule has 0 aliphatic rings. The molecule has 4 N–H and O–H groups in total. The minimum Gasteiger partial charge on any atom is -0.508 e. The number of urea groups is 1. The highest BCUT2D eigenvalue weighted by Gasteiger charge is 2.17. The first-order valence-electron chi connectivity index (χ1n) is 8.53. The van der Waals surface area contributed by atoms with Gasteiger partial charge in [0, 0.05) is 12.7 Å². The van der Waals surface area contributed by atoms with Gasteiger partial charge in [0.1, 0.15) is 16.4 Å². The van der Waals surface area contributed by atoms with Gasteiger partial charge in [-0.25, -0.2) is 14.0 Å². The van der Waals surface area contributed by atoms with Crippen LogP contribution in [0, 0.1) is 6.92 Å². The summed E-state index contributed by atoms with van der Waals surface area (Å²) < 4.78 is 21.2. The van der Waals surface area contributed by atoms with Crippen molar-refractivity contribution in [2.75, 3.05) is 24.2 Å². The molecule has 1 heterocycles. The van der Waals surface area contributed by atoms with Crippen molar-refractivity contribution < 1.29 is 18.8 Å². The summed E-state index contributed by atoms with van der Waals surface area (Å²) in [5.74, 6) is 0.604. The molecule has 3 aromatic rings. The number of thiazole rings is 1. The summed E-state index contributed by atoms with van der Waals surface area (Å²) in [7, 11) is 1.45. The van der Waals surface area contributed by atoms with Crippen molar-refractivity contribution >= 4 is 39.2 Å². The molecule has 0 spiro atoms. The van der Waals surface area contributed by atoms with Crippen molar-refractivity contribution in [3.8, 4) is 21.9 Å². The van der Waals surface area contributed by atoms with Crippen LogP contribution in [0.4, 0.5) is 15.6 Å². The number of methoxy groups -OCH3 is 1. The predicted molar refractivity (Wildman–Crippen MR) is 115 cm³/mol. The standard InChI is InChI=1S/C19H20N4O4S2/c1-11-17(28-19(21-11)22-18(25)20-2)12-4-9-15(27-3)16(10-12)29(26)23-13-5-7-14(24)8-6-13/h4-10,23-24H,1-3H3,(H2,20,21,22,25). The molecule has 0 aliphatic heterocycles. The topological polar surface area (TPSA) is 113 Å². The lowest BCUT2D eigenvalue weighted by atomic mass is 10.1. The Morgan fingerprint density at radius 2 is 1.93 bits per heavy atom. The van der Waals surface area contributed by atoms with E-state index in [2.05, 4.69) is 20.3 Å². The van der Waals surface area contributed by atoms with Crippen LogP contribution in [0.1, 0.15) is 5.69 Å². The molecule has 3 rings (SSSR count). The first kappa shape index (κ1) is 20.6. The summed E-state index contributed by atoms with van der Waals surface area (Å²) in [5, 5.41) is 15.0. The Bertz CT molecular complexity index is 1050. The number of hydrogen-bond acceptors (Lipinski definition) is 6. The lowest BCUT2D eigenvalue weighted by Crippen LogP contribution is -2.24. The minimum absolute atomic E-state index is 0.128. The lowest BCUT2D eigenvalue weighted by Gasteiger charge is -2.12. The zero-order valence-corrected chi connectivity index (χ0v) is 17.6. The summed E-state index contributed by atoms with van der Waals surface area (Å²) in [6.45, 7) is 1.84. The summed E-state index contributed by atoms with van der Waals surface area (Å²) in [6, 6.07) is 11.3. The van der Waals surface area contributed by atoms with E-state index < -0.39 is 11.0 Å². The number of nitrogens with one attached hydrogen (secondary N) is 3. The van der Waals surface area contributed by atoms with E-state index in [-0.39, 0.29) is 11.8 Å². The zero-order valence-electron chi connectivity index (χ0n) is 16.0. The number of rotatable bonds is 6. The van der Waals surface area contributed by atoms with Crippen LogP contribution in [0.3, 0.4) is 0 Å². The Labute approximate surface area is 174 Å². The van der Waals surface area contributed by atoms with E-state index in [1.165, 1.54) is 37.6 Å². The van der Waals surface area contributed by atoms with Crippen molar-refractivity contribution in [2.24, 2.45) is 0 Å². The normalized spacial score (nSPS) is 11.6. The quantitative estimate of drug-likeness (QED) is 0.444. The Balaban J connectivity index is 1.91. The number of nitrogens with zero attached hydrogens (tertiary/aromatic N) is 1. The van der Waals surface area contributed by atoms with Crippen molar-refractivity contribution in [1.29, 1.82) is 0 Å². The number of aromatic hydroxyl groups is 1. The molecule has 0 bridgehead atoms. The van der Waals surface area contributed by atoms with Gasteiger partial charge < -0.3 is 19.9 Å². The third kappa shape index (κ3) is 4.84. The molecule has 0 aliphatic carbocycles. The Morgan fingerprint density at radius 3 is 2.59 bits per heavy atom. The molecule has 0 saturated heterocycles. The highest BCUT2D eigenvalue weighted by Crippen LogP contribution is 2.36. The van der Waals surface area contributed by atoms with Crippen molar-refractivity contribution in [3.63, 3.8) is 0 Å². The van der Waals surface area contributed by atoms with E-state index in [0.29, 0.717) is 21.5 Å². The second-order valence-corrected chi connectivity index (χ2v) is 8.10. The minimum atomic E-state index is -1.60. The number of aromatic nitrogens is 1. The molecular formula is C19H20N4O4S2. The molecule has 2 aromatic carbocycles. The number of anilines is 2. The van der Waals surface area contributed by atoms with Gasteiger partial charge in [-0.3, -0.25) is 5.32 Å². The van der Waals surface area contributed by atoms with Gasteiger partial charge in [0.15, 0.2) is 16.1 Å². The number of carbonyl (C=O) groups excluding carboxylic acids is 1. The number of phenols is 1. The van der Waals surface area contributed by atoms with Crippen LogP contribution in [0.5, 0.6) is 11.5 Å². The molecule has 10 heteroatoms. The molecule has 0 saturated carbocycles. The number of phenolic OH excluding ortho intramolecular Hbond substituents is 1. The first-order chi connectivity index (χ1) is 13.9. The Morgan fingerprint density at radius 1 is 1.21 bits per heavy atom. The average Bonchev–Trinajstić information content (AvgIpc) is 3.08. The third-order valence-corrected chi connectivity index (χ3v) is 6.21. The summed E-state index contributed by atoms with van der Waals surface area (Å²) in [4.78, 5) is 17.2. The summed E-state index contributed by atoms with van der Waals surface area (Å²) >= 11 is 1.32. The Hall–Kier alpha value is -3.11. The number of ether oxygens (including phenoxy) is 1. The first-order valence-corrected chi connectivity index (χ1v) is 10.5. The number of hydrogen-bond donors (Lipinski definition) is 4. The maximum Gasteiger partial charge on any atom is 0.320 e. The van der Waals surface area contributed by atoms with E-state index in [9.17, 15) is 14.1 Å². The van der Waals surface area contributed by atoms with Gasteiger partial charge in [-0.2, -0.15) is 0 Å². The van der Waals surface area contributed by atoms with Gasteiger partial charge in [0.05, 0.1) is 17.7 Å². The van der Waals surface area contributed by atoms with Crippen LogP contribution in [-0.2, 0) is 11.0 Å². The lowest BCUT2D eigenvalue weighted by molar-refractivity contribution is 0.254. The summed E-state index contributed by atoms with van der Waals surface area (Å²) in [6.07, 6.45) is 0. The van der Waals surface area contributed by atoms with Gasteiger partial charge in [-0.05, 0) is 55.0 Å². The zero-order chi connectivity index (χ0) is 21.0. The molecule has 2 amide bonds. The van der Waals surface area contributed by atoms with Gasteiger partial charge in [0.25, 0.3) is 0 Å². The fourth-order valence-corrected chi connectivity index (χ4v) is 4.52. The van der Waals surface area contributed by atoms with E-state index in [0.717, 1.165) is 16.1 Å². The van der Waals surface area contributed by atoms with Crippen LogP contribution >= 0.6 is 11.3 Å². The second-order valence-electron chi connectivity index (χ2n) is 5.92. The molecule has 8 nitrogen and oxygen atoms in total. The van der Waals surface area contributed by atoms with Crippen LogP contribution in [0.15, 0.2) is 47.4 Å². The number of carbonyl (C=O) groups is 1. The summed E-state index contributed by atoms with van der Waals surface area (Å²) in [5.41, 5.74) is 2.15. The molecule has 29 heavy (non-hydrogen) atoms. The van der Waals surface area contributed by atoms with Gasteiger partial charge >= 0.3 is 6.03 Å². The fraction of sp³-hybridized carbons (Fsp3) is 0.158. The fourth-order valence-electron chi connectivity index (χ4n) is 2.53. The molecule has 152 valence electrons. The monoisotopic (exact) mass is 432 g/mol. The van der Waals surface area contributed by atoms with E-state index in [1.54, 1.807) is 24.3 Å². The molecule has 1 atom stereocenters. The van der Waals surface area contributed by atoms with Gasteiger partial charge in [-0.15, -0.1) is 0 Å². The maximum absolute atomic E-state index is 12.9. The third-order valence-electron chi connectivity index (χ3n) is 3.95. The Kier molecular flexibility index (Phi) is 6.35. The number of benzene rings is 2. The van der Waals surface area contributed by atoms with Gasteiger partial charge in [0.2, 0.25) is 0 Å². The van der Waals surface area contributed by atoms with Crippen LogP contribution < -0.4 is 20.1 Å². The predicted octanol–water partition coefficient (Wildman–Crippen LogP) is 3.72. The molecule has 0 radical (unpaired) electrons. The number of aryl methyl sites for hydroxylation is 1. The van der Waals surface area contributed by atoms with E-state index >= 15 is 0 Å². The van der Waals surface area contributed by atoms with Crippen molar-refractivity contribution in [3.05, 3.63) is 48.2 Å². The molecule has 1 unspecified atom stereocenters. The van der Waals surface area contributed by atoms with Crippen molar-refractivity contribution in [1.82, 2.24) is 10.3 Å². The maximum atomic E-state index is 12.9. The van der Waals surface area contributed by atoms with Crippen molar-refractivity contribution in [2.45, 2.75) is 11.8 Å². The highest BCUT2D eigenvalue weighted by atomic mass is 32.2. The smallest absolute Gasteiger partial charge is 0.320 e. The second kappa shape index (κ2) is 8.93. The molecule has 1 aromatic heterocycles. The largest absolute Gasteiger partial charge is 0.508 e. The van der Waals surface area contributed by atoms with Gasteiger partial charge in [-0.1, -0.05) is 11.3 Å². The highest BCUT2D eigenvalue weighted by molar-refractivity contribution is 7.86. The average molecular weight is 433 g/mol. The molecular weight excluding hydrogens is 412 g/mol. The molecule has 0 fully saturated rings. The van der Waals surface area contributed by atoms with E-state index in [4.69, 9.17) is 4.74 Å². The number of amides is 2. The van der Waals surface area contributed by atoms with Crippen LogP contribution in [-0.4, -0.2) is 34.5 Å². The van der Waals surface area contributed by atoms with Crippen LogP contribution in [0.2, 0.25) is 0 Å². The SMILES string of the molecule is CNC(=O)Nc1nc(C)c(-c2ccc(OC)c(S(=O)Nc3ccc(O)cc3)c2)s1. The van der Waals surface area contributed by atoms with E-state index in [1.807, 2.05) is 13.0 Å².